The third-order valence-corrected chi connectivity index (χ3v) is 7.81. The van der Waals surface area contributed by atoms with Crippen molar-refractivity contribution in [3.05, 3.63) is 70.5 Å². The maximum absolute atomic E-state index is 13.4. The largest absolute Gasteiger partial charge is 0.459 e. The molecule has 2 aliphatic rings. The fraction of sp³-hybridized carbons (Fsp3) is 0.320. The number of amides is 2. The predicted molar refractivity (Wildman–Crippen MR) is 133 cm³/mol. The molecule has 4 aromatic rings. The van der Waals surface area contributed by atoms with Gasteiger partial charge in [-0.1, -0.05) is 29.5 Å². The van der Waals surface area contributed by atoms with Gasteiger partial charge in [0, 0.05) is 38.4 Å². The molecule has 1 aromatic carbocycles. The van der Waals surface area contributed by atoms with E-state index in [1.165, 1.54) is 18.0 Å². The Hall–Kier alpha value is -3.86. The van der Waals surface area contributed by atoms with Crippen molar-refractivity contribution in [3.63, 3.8) is 0 Å². The number of hydrogen-bond acceptors (Lipinski definition) is 7. The van der Waals surface area contributed by atoms with Crippen LogP contribution in [0.3, 0.4) is 0 Å². The van der Waals surface area contributed by atoms with Gasteiger partial charge in [-0.05, 0) is 31.2 Å². The van der Waals surface area contributed by atoms with Crippen LogP contribution >= 0.6 is 11.8 Å². The normalized spacial score (nSPS) is 17.5. The van der Waals surface area contributed by atoms with Crippen LogP contribution in [-0.4, -0.2) is 72.9 Å². The minimum Gasteiger partial charge on any atom is -0.459 e. The minimum absolute atomic E-state index is 0.0269. The first-order valence-electron chi connectivity index (χ1n) is 11.8. The van der Waals surface area contributed by atoms with Crippen LogP contribution in [0.2, 0.25) is 0 Å². The minimum atomic E-state index is -0.271. The Balaban J connectivity index is 1.17. The molecule has 11 heteroatoms. The number of rotatable bonds is 4. The lowest BCUT2D eigenvalue weighted by molar-refractivity contribution is -0.133. The molecule has 3 aromatic heterocycles. The number of thioether (sulfide) groups is 1. The Morgan fingerprint density at radius 1 is 1.08 bits per heavy atom. The fourth-order valence-electron chi connectivity index (χ4n) is 4.70. The highest BCUT2D eigenvalue weighted by atomic mass is 32.2. The van der Waals surface area contributed by atoms with E-state index >= 15 is 0 Å². The van der Waals surface area contributed by atoms with Crippen LogP contribution in [-0.2, 0) is 4.79 Å². The lowest BCUT2D eigenvalue weighted by Gasteiger charge is -2.34. The molecule has 0 N–H and O–H groups in total. The molecule has 2 amide bonds. The summed E-state index contributed by atoms with van der Waals surface area (Å²) < 4.78 is 8.52. The van der Waals surface area contributed by atoms with Gasteiger partial charge in [0.05, 0.1) is 24.2 Å². The lowest BCUT2D eigenvalue weighted by atomic mass is 10.2. The molecule has 1 atom stereocenters. The van der Waals surface area contributed by atoms with Crippen molar-refractivity contribution in [3.8, 4) is 5.69 Å². The summed E-state index contributed by atoms with van der Waals surface area (Å²) >= 11 is 1.48. The number of aryl methyl sites for hydroxylation is 1. The van der Waals surface area contributed by atoms with Crippen molar-refractivity contribution in [1.29, 1.82) is 0 Å². The van der Waals surface area contributed by atoms with Crippen molar-refractivity contribution < 1.29 is 14.0 Å². The van der Waals surface area contributed by atoms with Gasteiger partial charge in [-0.25, -0.2) is 9.67 Å². The predicted octanol–water partition coefficient (Wildman–Crippen LogP) is 2.51. The Morgan fingerprint density at radius 2 is 1.83 bits per heavy atom. The summed E-state index contributed by atoms with van der Waals surface area (Å²) in [5, 5.41) is 5.45. The molecule has 2 aliphatic heterocycles. The summed E-state index contributed by atoms with van der Waals surface area (Å²) in [6.45, 7) is 3.81. The van der Waals surface area contributed by atoms with Crippen molar-refractivity contribution >= 4 is 34.6 Å². The second-order valence-electron chi connectivity index (χ2n) is 9.02. The molecular formula is C25H24N6O4S. The standard InChI is InChI=1S/C25H24N6O4S/c1-16-4-6-17(7-5-16)31-22-19(14-26-31)23(33)30-18(15-36-25(30)27-22)13-21(32)28-8-10-29(11-9-28)24(34)20-3-2-12-35-20/h2-7,12,14,18H,8-11,13,15H2,1H3. The van der Waals surface area contributed by atoms with Gasteiger partial charge in [0.15, 0.2) is 16.6 Å². The zero-order valence-electron chi connectivity index (χ0n) is 19.7. The van der Waals surface area contributed by atoms with E-state index < -0.39 is 0 Å². The molecular weight excluding hydrogens is 480 g/mol. The van der Waals surface area contributed by atoms with Crippen LogP contribution in [0.1, 0.15) is 28.6 Å². The van der Waals surface area contributed by atoms with Gasteiger partial charge >= 0.3 is 0 Å². The topological polar surface area (TPSA) is 106 Å². The number of aromatic nitrogens is 4. The first kappa shape index (κ1) is 22.6. The Bertz CT molecular complexity index is 1500. The van der Waals surface area contributed by atoms with Crippen LogP contribution in [0.15, 0.2) is 63.2 Å². The van der Waals surface area contributed by atoms with Gasteiger partial charge in [-0.2, -0.15) is 5.10 Å². The Labute approximate surface area is 210 Å². The molecule has 184 valence electrons. The number of piperazine rings is 1. The smallest absolute Gasteiger partial charge is 0.289 e. The summed E-state index contributed by atoms with van der Waals surface area (Å²) in [7, 11) is 0. The van der Waals surface area contributed by atoms with Gasteiger partial charge in [-0.3, -0.25) is 19.0 Å². The highest BCUT2D eigenvalue weighted by Gasteiger charge is 2.32. The van der Waals surface area contributed by atoms with Crippen LogP contribution in [0, 0.1) is 6.92 Å². The van der Waals surface area contributed by atoms with Gasteiger partial charge in [0.1, 0.15) is 5.39 Å². The van der Waals surface area contributed by atoms with E-state index in [4.69, 9.17) is 9.40 Å². The summed E-state index contributed by atoms with van der Waals surface area (Å²) in [6.07, 6.45) is 3.24. The number of fused-ring (bicyclic) bond motifs is 2. The summed E-state index contributed by atoms with van der Waals surface area (Å²) in [4.78, 5) is 47.2. The molecule has 5 heterocycles. The van der Waals surface area contributed by atoms with E-state index in [-0.39, 0.29) is 29.8 Å². The highest BCUT2D eigenvalue weighted by molar-refractivity contribution is 7.99. The number of hydrogen-bond donors (Lipinski definition) is 0. The van der Waals surface area contributed by atoms with Gasteiger partial charge in [0.2, 0.25) is 5.91 Å². The zero-order chi connectivity index (χ0) is 24.8. The quantitative estimate of drug-likeness (QED) is 0.393. The maximum Gasteiger partial charge on any atom is 0.289 e. The highest BCUT2D eigenvalue weighted by Crippen LogP contribution is 2.34. The van der Waals surface area contributed by atoms with Gasteiger partial charge in [-0.15, -0.1) is 0 Å². The number of carbonyl (C=O) groups excluding carboxylic acids is 2. The molecule has 1 fully saturated rings. The molecule has 1 unspecified atom stereocenters. The number of furan rings is 1. The second kappa shape index (κ2) is 8.98. The molecule has 36 heavy (non-hydrogen) atoms. The number of benzene rings is 1. The molecule has 0 aliphatic carbocycles. The van der Waals surface area contributed by atoms with Gasteiger partial charge < -0.3 is 14.2 Å². The second-order valence-corrected chi connectivity index (χ2v) is 10.0. The zero-order valence-corrected chi connectivity index (χ0v) is 20.5. The van der Waals surface area contributed by atoms with Crippen LogP contribution in [0.5, 0.6) is 0 Å². The number of nitrogens with zero attached hydrogens (tertiary/aromatic N) is 6. The number of carbonyl (C=O) groups is 2. The van der Waals surface area contributed by atoms with E-state index in [1.807, 2.05) is 31.2 Å². The molecule has 10 nitrogen and oxygen atoms in total. The third kappa shape index (κ3) is 3.89. The summed E-state index contributed by atoms with van der Waals surface area (Å²) in [5.74, 6) is 0.718. The molecule has 0 spiro atoms. The Morgan fingerprint density at radius 3 is 2.56 bits per heavy atom. The van der Waals surface area contributed by atoms with Crippen molar-refractivity contribution in [2.45, 2.75) is 24.5 Å². The monoisotopic (exact) mass is 504 g/mol. The molecule has 6 rings (SSSR count). The van der Waals surface area contributed by atoms with Crippen molar-refractivity contribution in [2.75, 3.05) is 31.9 Å². The maximum atomic E-state index is 13.4. The SMILES string of the molecule is Cc1ccc(-n2ncc3c(=O)n4c(nc32)SCC4CC(=O)N2CCN(C(=O)c3ccco3)CC2)cc1. The lowest BCUT2D eigenvalue weighted by Crippen LogP contribution is -2.51. The first-order chi connectivity index (χ1) is 17.5. The van der Waals surface area contributed by atoms with Crippen molar-refractivity contribution in [1.82, 2.24) is 29.1 Å². The third-order valence-electron chi connectivity index (χ3n) is 6.71. The summed E-state index contributed by atoms with van der Waals surface area (Å²) in [6, 6.07) is 10.9. The van der Waals surface area contributed by atoms with E-state index in [9.17, 15) is 14.4 Å². The molecule has 1 saturated heterocycles. The van der Waals surface area contributed by atoms with Crippen LogP contribution in [0.4, 0.5) is 0 Å². The average molecular weight is 505 g/mol. The van der Waals surface area contributed by atoms with E-state index in [0.717, 1.165) is 11.3 Å². The van der Waals surface area contributed by atoms with Crippen LogP contribution < -0.4 is 5.56 Å². The van der Waals surface area contributed by atoms with Crippen molar-refractivity contribution in [2.24, 2.45) is 0 Å². The fourth-order valence-corrected chi connectivity index (χ4v) is 5.83. The van der Waals surface area contributed by atoms with Crippen LogP contribution in [0.25, 0.3) is 16.7 Å². The van der Waals surface area contributed by atoms with E-state index in [2.05, 4.69) is 5.10 Å². The van der Waals surface area contributed by atoms with E-state index in [1.54, 1.807) is 37.4 Å². The Kier molecular flexibility index (Phi) is 5.63. The average Bonchev–Trinajstić information content (AvgIpc) is 3.65. The van der Waals surface area contributed by atoms with E-state index in [0.29, 0.717) is 53.9 Å². The molecule has 0 radical (unpaired) electrons. The van der Waals surface area contributed by atoms with Gasteiger partial charge in [0.25, 0.3) is 11.5 Å². The summed E-state index contributed by atoms with van der Waals surface area (Å²) in [5.41, 5.74) is 2.32. The first-order valence-corrected chi connectivity index (χ1v) is 12.8. The molecule has 0 saturated carbocycles. The molecule has 0 bridgehead atoms.